The Hall–Kier alpha value is -1.07. The van der Waals surface area contributed by atoms with Gasteiger partial charge in [0.25, 0.3) is 0 Å². The van der Waals surface area contributed by atoms with Crippen LogP contribution in [0.3, 0.4) is 0 Å². The number of alkyl halides is 3. The second-order valence-electron chi connectivity index (χ2n) is 5.60. The second-order valence-corrected chi connectivity index (χ2v) is 5.60. The summed E-state index contributed by atoms with van der Waals surface area (Å²) in [6.45, 7) is 6.08. The van der Waals surface area contributed by atoms with Crippen molar-refractivity contribution < 1.29 is 22.6 Å². The van der Waals surface area contributed by atoms with E-state index in [0.29, 0.717) is 25.3 Å². The maximum Gasteiger partial charge on any atom is 0.411 e. The largest absolute Gasteiger partial charge is 0.411 e. The van der Waals surface area contributed by atoms with Crippen molar-refractivity contribution in [1.82, 2.24) is 10.6 Å². The van der Waals surface area contributed by atoms with Crippen LogP contribution in [0.4, 0.5) is 13.2 Å². The zero-order valence-electron chi connectivity index (χ0n) is 15.8. The van der Waals surface area contributed by atoms with Crippen LogP contribution in [-0.4, -0.2) is 45.0 Å². The molecule has 0 heterocycles. The number of benzene rings is 1. The summed E-state index contributed by atoms with van der Waals surface area (Å²) in [6.07, 6.45) is -3.40. The van der Waals surface area contributed by atoms with Crippen molar-refractivity contribution in [2.45, 2.75) is 39.6 Å². The molecule has 0 aromatic heterocycles. The van der Waals surface area contributed by atoms with Gasteiger partial charge in [0.1, 0.15) is 6.61 Å². The maximum absolute atomic E-state index is 12.1. The fraction of sp³-hybridized carbons (Fsp3) is 0.611. The molecular formula is C18H29F3IN3O2. The molecule has 156 valence electrons. The fourth-order valence-electron chi connectivity index (χ4n) is 2.06. The third-order valence-corrected chi connectivity index (χ3v) is 3.28. The highest BCUT2D eigenvalue weighted by atomic mass is 127. The molecule has 0 aliphatic rings. The Bertz CT molecular complexity index is 526. The van der Waals surface area contributed by atoms with E-state index in [1.54, 1.807) is 12.1 Å². The first-order valence-electron chi connectivity index (χ1n) is 8.76. The molecule has 0 saturated heterocycles. The van der Waals surface area contributed by atoms with Crippen LogP contribution in [0.1, 0.15) is 31.4 Å². The Labute approximate surface area is 176 Å². The van der Waals surface area contributed by atoms with Gasteiger partial charge >= 0.3 is 6.18 Å². The van der Waals surface area contributed by atoms with Crippen molar-refractivity contribution in [2.75, 3.05) is 32.9 Å². The summed E-state index contributed by atoms with van der Waals surface area (Å²) in [4.78, 5) is 4.50. The summed E-state index contributed by atoms with van der Waals surface area (Å²) in [6, 6.07) is 7.19. The molecule has 0 fully saturated rings. The Balaban J connectivity index is 0.00000676. The number of nitrogens with one attached hydrogen (secondary N) is 2. The molecule has 1 aromatic rings. The molecule has 0 radical (unpaired) electrons. The highest BCUT2D eigenvalue weighted by Crippen LogP contribution is 2.16. The topological polar surface area (TPSA) is 54.9 Å². The summed E-state index contributed by atoms with van der Waals surface area (Å²) in [5.41, 5.74) is 1.67. The third-order valence-electron chi connectivity index (χ3n) is 3.28. The van der Waals surface area contributed by atoms with Gasteiger partial charge in [0.05, 0.1) is 13.2 Å². The highest BCUT2D eigenvalue weighted by molar-refractivity contribution is 14.0. The third kappa shape index (κ3) is 13.7. The first kappa shape index (κ1) is 25.9. The molecule has 1 rings (SSSR count). The lowest BCUT2D eigenvalue weighted by atomic mass is 10.1. The van der Waals surface area contributed by atoms with Crippen molar-refractivity contribution in [1.29, 1.82) is 0 Å². The van der Waals surface area contributed by atoms with E-state index in [9.17, 15) is 13.2 Å². The van der Waals surface area contributed by atoms with Gasteiger partial charge in [-0.25, -0.2) is 4.99 Å². The predicted molar refractivity (Wildman–Crippen MR) is 111 cm³/mol. The molecular weight excluding hydrogens is 474 g/mol. The van der Waals surface area contributed by atoms with Crippen molar-refractivity contribution in [3.05, 3.63) is 35.4 Å². The summed E-state index contributed by atoms with van der Waals surface area (Å²) in [5, 5.41) is 6.40. The standard InChI is InChI=1S/C18H28F3N3O2.HI/c1-3-22-17(23-10-5-11-25-4-2)24-12-15-6-8-16(9-7-15)13-26-14-18(19,20)21;/h6-9H,3-5,10-14H2,1-2H3,(H2,22,23,24);1H. The number of rotatable bonds is 11. The van der Waals surface area contributed by atoms with E-state index in [1.807, 2.05) is 26.0 Å². The lowest BCUT2D eigenvalue weighted by molar-refractivity contribution is -0.176. The lowest BCUT2D eigenvalue weighted by Crippen LogP contribution is -2.38. The number of aliphatic imine (C=N–C) groups is 1. The number of hydrogen-bond acceptors (Lipinski definition) is 3. The molecule has 0 aliphatic carbocycles. The van der Waals surface area contributed by atoms with Crippen molar-refractivity contribution >= 4 is 29.9 Å². The minimum absolute atomic E-state index is 0. The van der Waals surface area contributed by atoms with Crippen LogP contribution in [0, 0.1) is 0 Å². The van der Waals surface area contributed by atoms with E-state index in [2.05, 4.69) is 20.4 Å². The molecule has 0 saturated carbocycles. The fourth-order valence-corrected chi connectivity index (χ4v) is 2.06. The molecule has 2 N–H and O–H groups in total. The number of hydrogen-bond donors (Lipinski definition) is 2. The smallest absolute Gasteiger partial charge is 0.382 e. The molecule has 0 atom stereocenters. The van der Waals surface area contributed by atoms with Crippen molar-refractivity contribution in [2.24, 2.45) is 4.99 Å². The molecule has 1 aromatic carbocycles. The second kappa shape index (κ2) is 14.9. The summed E-state index contributed by atoms with van der Waals surface area (Å²) < 4.78 is 46.1. The van der Waals surface area contributed by atoms with Gasteiger partial charge in [0.2, 0.25) is 0 Å². The van der Waals surface area contributed by atoms with Gasteiger partial charge in [-0.15, -0.1) is 24.0 Å². The van der Waals surface area contributed by atoms with Crippen LogP contribution in [0.5, 0.6) is 0 Å². The van der Waals surface area contributed by atoms with Crippen LogP contribution in [0.15, 0.2) is 29.3 Å². The molecule has 5 nitrogen and oxygen atoms in total. The summed E-state index contributed by atoms with van der Waals surface area (Å²) >= 11 is 0. The number of ether oxygens (including phenoxy) is 2. The molecule has 27 heavy (non-hydrogen) atoms. The quantitative estimate of drug-likeness (QED) is 0.209. The van der Waals surface area contributed by atoms with E-state index < -0.39 is 12.8 Å². The van der Waals surface area contributed by atoms with Gasteiger partial charge in [0.15, 0.2) is 5.96 Å². The predicted octanol–water partition coefficient (Wildman–Crippen LogP) is 3.87. The molecule has 0 aliphatic heterocycles. The van der Waals surface area contributed by atoms with Crippen molar-refractivity contribution in [3.8, 4) is 0 Å². The average Bonchev–Trinajstić information content (AvgIpc) is 2.59. The van der Waals surface area contributed by atoms with Crippen LogP contribution < -0.4 is 10.6 Å². The number of halogens is 4. The Morgan fingerprint density at radius 2 is 1.70 bits per heavy atom. The average molecular weight is 503 g/mol. The van der Waals surface area contributed by atoms with Gasteiger partial charge < -0.3 is 20.1 Å². The van der Waals surface area contributed by atoms with Crippen LogP contribution in [-0.2, 0) is 22.6 Å². The van der Waals surface area contributed by atoms with Gasteiger partial charge in [0, 0.05) is 26.3 Å². The van der Waals surface area contributed by atoms with Crippen LogP contribution in [0.25, 0.3) is 0 Å². The number of guanidine groups is 1. The molecule has 0 unspecified atom stereocenters. The minimum Gasteiger partial charge on any atom is -0.382 e. The molecule has 9 heteroatoms. The minimum atomic E-state index is -4.30. The SMILES string of the molecule is CCNC(=NCc1ccc(COCC(F)(F)F)cc1)NCCCOCC.I. The number of nitrogens with zero attached hydrogens (tertiary/aromatic N) is 1. The first-order valence-corrected chi connectivity index (χ1v) is 8.76. The van der Waals surface area contributed by atoms with E-state index in [0.717, 1.165) is 31.0 Å². The zero-order valence-corrected chi connectivity index (χ0v) is 18.1. The summed E-state index contributed by atoms with van der Waals surface area (Å²) in [7, 11) is 0. The van der Waals surface area contributed by atoms with Crippen LogP contribution >= 0.6 is 24.0 Å². The van der Waals surface area contributed by atoms with Gasteiger partial charge in [-0.1, -0.05) is 24.3 Å². The van der Waals surface area contributed by atoms with Gasteiger partial charge in [-0.05, 0) is 31.4 Å². The van der Waals surface area contributed by atoms with E-state index >= 15 is 0 Å². The summed E-state index contributed by atoms with van der Waals surface area (Å²) in [5.74, 6) is 0.724. The molecule has 0 amide bonds. The van der Waals surface area contributed by atoms with E-state index in [1.165, 1.54) is 0 Å². The highest BCUT2D eigenvalue weighted by Gasteiger charge is 2.27. The Morgan fingerprint density at radius 3 is 2.30 bits per heavy atom. The zero-order chi connectivity index (χ0) is 19.3. The molecule has 0 bridgehead atoms. The van der Waals surface area contributed by atoms with Gasteiger partial charge in [-0.3, -0.25) is 0 Å². The van der Waals surface area contributed by atoms with Gasteiger partial charge in [-0.2, -0.15) is 13.2 Å². The van der Waals surface area contributed by atoms with Crippen LogP contribution in [0.2, 0.25) is 0 Å². The Morgan fingerprint density at radius 1 is 1.04 bits per heavy atom. The molecule has 0 spiro atoms. The monoisotopic (exact) mass is 503 g/mol. The lowest BCUT2D eigenvalue weighted by Gasteiger charge is -2.11. The Kier molecular flexibility index (Phi) is 14.3. The van der Waals surface area contributed by atoms with Crippen molar-refractivity contribution in [3.63, 3.8) is 0 Å². The normalized spacial score (nSPS) is 11.8. The first-order chi connectivity index (χ1) is 12.4. The van der Waals surface area contributed by atoms with E-state index in [4.69, 9.17) is 4.74 Å². The van der Waals surface area contributed by atoms with E-state index in [-0.39, 0.29) is 30.6 Å². The maximum atomic E-state index is 12.1.